The van der Waals surface area contributed by atoms with Crippen molar-refractivity contribution < 1.29 is 32.9 Å². The maximum absolute atomic E-state index is 13.0. The summed E-state index contributed by atoms with van der Waals surface area (Å²) in [5, 5.41) is 21.6. The number of pyridine rings is 1. The first-order chi connectivity index (χ1) is 19.2. The Morgan fingerprint density at radius 3 is 2.75 bits per heavy atom. The second kappa shape index (κ2) is 13.5. The number of halogens is 3. The first-order valence-corrected chi connectivity index (χ1v) is 13.9. The lowest BCUT2D eigenvalue weighted by Gasteiger charge is -2.41. The molecule has 9 heteroatoms. The number of fused-ring (bicyclic) bond motifs is 1. The minimum Gasteiger partial charge on any atom is -0.497 e. The fourth-order valence-corrected chi connectivity index (χ4v) is 5.97. The number of aryl methyl sites for hydroxylation is 1. The number of carboxylic acid groups (broad SMARTS) is 1. The third-order valence-corrected chi connectivity index (χ3v) is 7.96. The van der Waals surface area contributed by atoms with Crippen molar-refractivity contribution in [1.29, 1.82) is 0 Å². The topological polar surface area (TPSA) is 82.9 Å². The molecule has 1 aromatic heterocycles. The van der Waals surface area contributed by atoms with Crippen LogP contribution in [0.5, 0.6) is 5.75 Å². The Bertz CT molecular complexity index is 1280. The van der Waals surface area contributed by atoms with Crippen molar-refractivity contribution in [3.05, 3.63) is 71.4 Å². The molecule has 1 fully saturated rings. The molecule has 0 saturated carbocycles. The third kappa shape index (κ3) is 7.73. The zero-order valence-electron chi connectivity index (χ0n) is 22.7. The number of piperidine rings is 1. The van der Waals surface area contributed by atoms with Crippen molar-refractivity contribution in [3.8, 4) is 5.75 Å². The summed E-state index contributed by atoms with van der Waals surface area (Å²) in [6.45, 7) is 1.58. The van der Waals surface area contributed by atoms with E-state index in [1.54, 1.807) is 19.4 Å². The van der Waals surface area contributed by atoms with Crippen LogP contribution < -0.4 is 4.74 Å². The minimum atomic E-state index is -4.35. The second-order valence-corrected chi connectivity index (χ2v) is 10.6. The molecule has 1 aliphatic heterocycles. The van der Waals surface area contributed by atoms with Gasteiger partial charge < -0.3 is 19.8 Å². The van der Waals surface area contributed by atoms with Gasteiger partial charge >= 0.3 is 12.1 Å². The summed E-state index contributed by atoms with van der Waals surface area (Å²) < 4.78 is 44.5. The van der Waals surface area contributed by atoms with Crippen molar-refractivity contribution >= 4 is 16.9 Å². The number of carbonyl (C=O) groups is 1. The summed E-state index contributed by atoms with van der Waals surface area (Å²) >= 11 is 0. The molecule has 0 radical (unpaired) electrons. The molecule has 2 aromatic carbocycles. The summed E-state index contributed by atoms with van der Waals surface area (Å²) in [6.07, 6.45) is 1.59. The van der Waals surface area contributed by atoms with E-state index in [-0.39, 0.29) is 18.4 Å². The minimum absolute atomic E-state index is 0.00990. The first-order valence-electron chi connectivity index (χ1n) is 13.9. The van der Waals surface area contributed by atoms with Crippen molar-refractivity contribution in [2.24, 2.45) is 5.92 Å². The predicted octanol–water partition coefficient (Wildman–Crippen LogP) is 6.65. The van der Waals surface area contributed by atoms with Gasteiger partial charge in [0.1, 0.15) is 5.75 Å². The molecule has 0 amide bonds. The number of likely N-dealkylation sites (tertiary alicyclic amines) is 1. The zero-order valence-corrected chi connectivity index (χ0v) is 22.7. The zero-order chi connectivity index (χ0) is 28.7. The summed E-state index contributed by atoms with van der Waals surface area (Å²) in [5.74, 6) is -0.163. The number of aliphatic hydroxyl groups is 1. The summed E-state index contributed by atoms with van der Waals surface area (Å²) in [6, 6.07) is 12.8. The molecule has 3 atom stereocenters. The van der Waals surface area contributed by atoms with Gasteiger partial charge in [-0.3, -0.25) is 9.78 Å². The molecule has 0 spiro atoms. The molecule has 6 nitrogen and oxygen atoms in total. The average molecular weight is 559 g/mol. The van der Waals surface area contributed by atoms with E-state index in [0.717, 1.165) is 61.3 Å². The highest BCUT2D eigenvalue weighted by Gasteiger charge is 2.33. The quantitative estimate of drug-likeness (QED) is 0.242. The Labute approximate surface area is 232 Å². The molecule has 216 valence electrons. The van der Waals surface area contributed by atoms with E-state index in [1.807, 2.05) is 24.3 Å². The molecule has 0 bridgehead atoms. The van der Waals surface area contributed by atoms with Gasteiger partial charge in [-0.05, 0) is 105 Å². The van der Waals surface area contributed by atoms with Gasteiger partial charge in [-0.25, -0.2) is 0 Å². The Kier molecular flexibility index (Phi) is 10.0. The van der Waals surface area contributed by atoms with Crippen LogP contribution in [0.2, 0.25) is 0 Å². The van der Waals surface area contributed by atoms with Crippen molar-refractivity contribution in [3.63, 3.8) is 0 Å². The van der Waals surface area contributed by atoms with Crippen LogP contribution >= 0.6 is 0 Å². The van der Waals surface area contributed by atoms with Gasteiger partial charge in [0.15, 0.2) is 0 Å². The van der Waals surface area contributed by atoms with Gasteiger partial charge in [0.25, 0.3) is 0 Å². The third-order valence-electron chi connectivity index (χ3n) is 7.96. The number of aromatic nitrogens is 1. The first kappa shape index (κ1) is 29.8. The molecule has 0 aliphatic carbocycles. The number of ether oxygens (including phenoxy) is 1. The number of nitrogens with zero attached hydrogens (tertiary/aromatic N) is 2. The van der Waals surface area contributed by atoms with Crippen LogP contribution in [0, 0.1) is 5.92 Å². The van der Waals surface area contributed by atoms with Crippen molar-refractivity contribution in [2.75, 3.05) is 20.2 Å². The van der Waals surface area contributed by atoms with E-state index in [9.17, 15) is 28.2 Å². The maximum Gasteiger partial charge on any atom is 0.416 e. The highest BCUT2D eigenvalue weighted by Crippen LogP contribution is 2.34. The Morgan fingerprint density at radius 2 is 2.00 bits per heavy atom. The smallest absolute Gasteiger partial charge is 0.416 e. The van der Waals surface area contributed by atoms with Crippen LogP contribution in [0.3, 0.4) is 0 Å². The van der Waals surface area contributed by atoms with Gasteiger partial charge in [-0.2, -0.15) is 13.2 Å². The highest BCUT2D eigenvalue weighted by atomic mass is 19.4. The van der Waals surface area contributed by atoms with E-state index in [2.05, 4.69) is 9.88 Å². The maximum atomic E-state index is 13.0. The summed E-state index contributed by atoms with van der Waals surface area (Å²) in [5.41, 5.74) is 1.57. The van der Waals surface area contributed by atoms with Crippen LogP contribution in [0.4, 0.5) is 13.2 Å². The van der Waals surface area contributed by atoms with E-state index in [4.69, 9.17) is 4.74 Å². The van der Waals surface area contributed by atoms with Crippen LogP contribution in [0.25, 0.3) is 10.9 Å². The van der Waals surface area contributed by atoms with E-state index >= 15 is 0 Å². The number of methoxy groups -OCH3 is 1. The lowest BCUT2D eigenvalue weighted by Crippen LogP contribution is -2.46. The SMILES string of the molecule is COc1ccc2nccc(C(O)CCC3C(CC(=O)O)CCCN3CCCCc3cccc(C(F)(F)F)c3)c2c1. The number of alkyl halides is 3. The molecule has 4 rings (SSSR count). The lowest BCUT2D eigenvalue weighted by molar-refractivity contribution is -0.139. The van der Waals surface area contributed by atoms with Gasteiger partial charge in [0.2, 0.25) is 0 Å². The number of hydrogen-bond donors (Lipinski definition) is 2. The molecule has 40 heavy (non-hydrogen) atoms. The largest absolute Gasteiger partial charge is 0.497 e. The van der Waals surface area contributed by atoms with E-state index in [1.165, 1.54) is 12.1 Å². The number of rotatable bonds is 12. The molecule has 2 N–H and O–H groups in total. The molecular formula is C31H37F3N2O4. The van der Waals surface area contributed by atoms with Gasteiger partial charge in [-0.15, -0.1) is 0 Å². The standard InChI is InChI=1S/C31H37F3N2O4/c1-40-24-10-11-27-26(20-24)25(14-15-35-27)29(37)13-12-28-22(19-30(38)39)8-5-17-36(28)16-3-2-6-21-7-4-9-23(18-21)31(32,33)34/h4,7,9-11,14-15,18,20,22,28-29,37H,2-3,5-6,8,12-13,16-17,19H2,1H3,(H,38,39). The number of benzene rings is 2. The number of hydrogen-bond acceptors (Lipinski definition) is 5. The highest BCUT2D eigenvalue weighted by molar-refractivity contribution is 5.83. The van der Waals surface area contributed by atoms with Gasteiger partial charge in [0, 0.05) is 24.0 Å². The molecular weight excluding hydrogens is 521 g/mol. The fourth-order valence-electron chi connectivity index (χ4n) is 5.97. The monoisotopic (exact) mass is 558 g/mol. The molecule has 2 heterocycles. The fraction of sp³-hybridized carbons (Fsp3) is 0.484. The normalized spacial score (nSPS) is 19.0. The number of unbranched alkanes of at least 4 members (excludes halogenated alkanes) is 1. The molecule has 3 unspecified atom stereocenters. The van der Waals surface area contributed by atoms with E-state index < -0.39 is 23.8 Å². The average Bonchev–Trinajstić information content (AvgIpc) is 2.93. The lowest BCUT2D eigenvalue weighted by atomic mass is 9.83. The summed E-state index contributed by atoms with van der Waals surface area (Å²) in [7, 11) is 1.59. The number of carboxylic acids is 1. The second-order valence-electron chi connectivity index (χ2n) is 10.6. The van der Waals surface area contributed by atoms with Crippen molar-refractivity contribution in [2.45, 2.75) is 69.7 Å². The Hall–Kier alpha value is -3.17. The van der Waals surface area contributed by atoms with Crippen LogP contribution in [-0.2, 0) is 17.4 Å². The van der Waals surface area contributed by atoms with E-state index in [0.29, 0.717) is 30.6 Å². The van der Waals surface area contributed by atoms with Crippen molar-refractivity contribution in [1.82, 2.24) is 9.88 Å². The van der Waals surface area contributed by atoms with Gasteiger partial charge in [-0.1, -0.05) is 18.2 Å². The van der Waals surface area contributed by atoms with Crippen LogP contribution in [-0.4, -0.2) is 52.3 Å². The van der Waals surface area contributed by atoms with Crippen LogP contribution in [0.15, 0.2) is 54.7 Å². The number of aliphatic carboxylic acids is 1. The molecule has 1 aliphatic rings. The molecule has 3 aromatic rings. The Morgan fingerprint density at radius 1 is 1.18 bits per heavy atom. The molecule has 1 saturated heterocycles. The Balaban J connectivity index is 1.40. The number of aliphatic hydroxyl groups excluding tert-OH is 1. The predicted molar refractivity (Wildman–Crippen MR) is 147 cm³/mol. The summed E-state index contributed by atoms with van der Waals surface area (Å²) in [4.78, 5) is 18.3. The van der Waals surface area contributed by atoms with Gasteiger partial charge in [0.05, 0.1) is 24.3 Å². The van der Waals surface area contributed by atoms with Crippen LogP contribution in [0.1, 0.15) is 67.7 Å².